The fourth-order valence-corrected chi connectivity index (χ4v) is 7.58. The highest BCUT2D eigenvalue weighted by atomic mass is 35.5. The van der Waals surface area contributed by atoms with Crippen LogP contribution in [0.2, 0.25) is 10.0 Å². The number of hydrogen-bond donors (Lipinski definition) is 2. The van der Waals surface area contributed by atoms with Crippen LogP contribution in [-0.4, -0.2) is 20.6 Å². The minimum atomic E-state index is -0.108. The minimum absolute atomic E-state index is 0.108. The van der Waals surface area contributed by atoms with Crippen LogP contribution < -0.4 is 10.9 Å². The van der Waals surface area contributed by atoms with Gasteiger partial charge in [0.05, 0.1) is 10.7 Å². The molecule has 4 bridgehead atoms. The summed E-state index contributed by atoms with van der Waals surface area (Å²) < 4.78 is 1.51. The Balaban J connectivity index is 1.33. The van der Waals surface area contributed by atoms with Gasteiger partial charge < -0.3 is 10.3 Å². The van der Waals surface area contributed by atoms with E-state index in [2.05, 4.69) is 10.3 Å². The lowest BCUT2D eigenvalue weighted by atomic mass is 9.54. The predicted octanol–water partition coefficient (Wildman–Crippen LogP) is 6.11. The number of anilines is 1. The van der Waals surface area contributed by atoms with Crippen molar-refractivity contribution in [1.82, 2.24) is 14.6 Å². The molecule has 2 N–H and O–H groups in total. The lowest BCUT2D eigenvalue weighted by molar-refractivity contribution is 0.00742. The van der Waals surface area contributed by atoms with E-state index >= 15 is 0 Å². The molecule has 0 saturated heterocycles. The minimum Gasteiger partial charge on any atom is -0.368 e. The Morgan fingerprint density at radius 2 is 1.72 bits per heavy atom. The summed E-state index contributed by atoms with van der Waals surface area (Å²) in [5.74, 6) is 4.48. The number of aromatic nitrogens is 3. The highest BCUT2D eigenvalue weighted by Gasteiger charge is 2.48. The highest BCUT2D eigenvalue weighted by Crippen LogP contribution is 2.54. The van der Waals surface area contributed by atoms with E-state index in [0.717, 1.165) is 64.8 Å². The molecule has 5 aliphatic carbocycles. The van der Waals surface area contributed by atoms with E-state index in [0.29, 0.717) is 22.0 Å². The van der Waals surface area contributed by atoms with E-state index in [9.17, 15) is 4.79 Å². The van der Waals surface area contributed by atoms with Crippen molar-refractivity contribution in [2.24, 2.45) is 23.7 Å². The maximum Gasteiger partial charge on any atom is 0.276 e. The quantitative estimate of drug-likeness (QED) is 0.485. The zero-order valence-electron chi connectivity index (χ0n) is 17.8. The first-order valence-corrected chi connectivity index (χ1v) is 12.7. The molecule has 0 unspecified atom stereocenters. The van der Waals surface area contributed by atoms with Gasteiger partial charge in [-0.15, -0.1) is 0 Å². The van der Waals surface area contributed by atoms with Crippen molar-refractivity contribution in [3.63, 3.8) is 0 Å². The number of H-pyrrole nitrogens is 1. The normalized spacial score (nSPS) is 30.9. The Morgan fingerprint density at radius 3 is 2.38 bits per heavy atom. The van der Waals surface area contributed by atoms with Crippen LogP contribution in [-0.2, 0) is 0 Å². The average Bonchev–Trinajstić information content (AvgIpc) is 3.52. The molecule has 2 heterocycles. The number of benzene rings is 1. The predicted molar refractivity (Wildman–Crippen MR) is 128 cm³/mol. The first kappa shape index (κ1) is 19.5. The summed E-state index contributed by atoms with van der Waals surface area (Å²) in [7, 11) is 0. The maximum absolute atomic E-state index is 13.1. The van der Waals surface area contributed by atoms with Gasteiger partial charge in [-0.25, -0.2) is 0 Å². The summed E-state index contributed by atoms with van der Waals surface area (Å²) in [4.78, 5) is 16.6. The van der Waals surface area contributed by atoms with E-state index in [1.165, 1.54) is 36.6 Å². The van der Waals surface area contributed by atoms with Crippen LogP contribution in [0.15, 0.2) is 29.1 Å². The summed E-state index contributed by atoms with van der Waals surface area (Å²) in [6.07, 6.45) is 8.96. The van der Waals surface area contributed by atoms with Crippen molar-refractivity contribution in [1.29, 1.82) is 0 Å². The third kappa shape index (κ3) is 3.04. The zero-order valence-corrected chi connectivity index (χ0v) is 19.3. The Kier molecular flexibility index (Phi) is 4.27. The SMILES string of the molecule is O=c1cc(NC2C3CC4CC(C3)CC2C4)[nH]c2c(-c3ccc(Cl)cc3Cl)c(C3CC3)nn12. The molecule has 0 amide bonds. The molecule has 5 fully saturated rings. The Bertz CT molecular complexity index is 1260. The van der Waals surface area contributed by atoms with Gasteiger partial charge in [0.25, 0.3) is 5.56 Å². The molecule has 1 aromatic carbocycles. The van der Waals surface area contributed by atoms with Crippen molar-refractivity contribution in [3.05, 3.63) is 50.4 Å². The van der Waals surface area contributed by atoms with Gasteiger partial charge in [0.2, 0.25) is 0 Å². The van der Waals surface area contributed by atoms with Crippen LogP contribution in [0, 0.1) is 23.7 Å². The van der Waals surface area contributed by atoms with Crippen molar-refractivity contribution in [2.45, 2.75) is 56.9 Å². The zero-order chi connectivity index (χ0) is 21.6. The van der Waals surface area contributed by atoms with Crippen LogP contribution in [0.5, 0.6) is 0 Å². The maximum atomic E-state index is 13.1. The van der Waals surface area contributed by atoms with Crippen LogP contribution in [0.25, 0.3) is 16.8 Å². The topological polar surface area (TPSA) is 62.2 Å². The molecule has 5 saturated carbocycles. The Hall–Kier alpha value is -1.98. The third-order valence-electron chi connectivity index (χ3n) is 8.36. The number of nitrogens with one attached hydrogen (secondary N) is 2. The van der Waals surface area contributed by atoms with Gasteiger partial charge >= 0.3 is 0 Å². The van der Waals surface area contributed by atoms with Crippen molar-refractivity contribution in [2.75, 3.05) is 5.32 Å². The highest BCUT2D eigenvalue weighted by molar-refractivity contribution is 6.36. The van der Waals surface area contributed by atoms with Gasteiger partial charge in [0, 0.05) is 34.2 Å². The van der Waals surface area contributed by atoms with E-state index in [1.807, 2.05) is 12.1 Å². The summed E-state index contributed by atoms with van der Waals surface area (Å²) in [5.41, 5.74) is 3.36. The number of nitrogens with zero attached hydrogens (tertiary/aromatic N) is 2. The molecule has 32 heavy (non-hydrogen) atoms. The second-order valence-electron chi connectivity index (χ2n) is 10.5. The fraction of sp³-hybridized carbons (Fsp3) is 0.520. The molecule has 7 heteroatoms. The third-order valence-corrected chi connectivity index (χ3v) is 8.90. The van der Waals surface area contributed by atoms with Gasteiger partial charge in [-0.3, -0.25) is 4.79 Å². The molecule has 2 aromatic heterocycles. The summed E-state index contributed by atoms with van der Waals surface area (Å²) >= 11 is 12.8. The smallest absolute Gasteiger partial charge is 0.276 e. The number of fused-ring (bicyclic) bond motifs is 1. The standard InChI is InChI=1S/C25H26Cl2N4O/c26-17-3-4-18(19(27)10-17)22-24(14-1-2-14)30-31-21(32)11-20(29-25(22)31)28-23-15-6-12-5-13(8-15)9-16(23)7-12/h3-4,10-16,23,28-29H,1-2,5-9H2. The largest absolute Gasteiger partial charge is 0.368 e. The molecule has 5 aliphatic rings. The number of aromatic amines is 1. The van der Waals surface area contributed by atoms with E-state index in [4.69, 9.17) is 28.3 Å². The molecule has 0 radical (unpaired) electrons. The van der Waals surface area contributed by atoms with Gasteiger partial charge in [-0.2, -0.15) is 9.61 Å². The number of hydrogen-bond acceptors (Lipinski definition) is 3. The molecule has 5 nitrogen and oxygen atoms in total. The first-order chi connectivity index (χ1) is 15.5. The molecule has 0 aliphatic heterocycles. The van der Waals surface area contributed by atoms with Gasteiger partial charge in [0.1, 0.15) is 11.5 Å². The van der Waals surface area contributed by atoms with E-state index in [1.54, 1.807) is 12.1 Å². The van der Waals surface area contributed by atoms with Crippen LogP contribution in [0.3, 0.4) is 0 Å². The van der Waals surface area contributed by atoms with Gasteiger partial charge in [0.15, 0.2) is 0 Å². The lowest BCUT2D eigenvalue weighted by Gasteiger charge is -2.54. The van der Waals surface area contributed by atoms with Crippen LogP contribution >= 0.6 is 23.2 Å². The van der Waals surface area contributed by atoms with Crippen LogP contribution in [0.4, 0.5) is 5.82 Å². The summed E-state index contributed by atoms with van der Waals surface area (Å²) in [6, 6.07) is 7.67. The summed E-state index contributed by atoms with van der Waals surface area (Å²) in [6.45, 7) is 0. The molecular formula is C25H26Cl2N4O. The summed E-state index contributed by atoms with van der Waals surface area (Å²) in [5, 5.41) is 9.67. The lowest BCUT2D eigenvalue weighted by Crippen LogP contribution is -2.51. The second-order valence-corrected chi connectivity index (χ2v) is 11.4. The second kappa shape index (κ2) is 7.01. The molecular weight excluding hydrogens is 443 g/mol. The van der Waals surface area contributed by atoms with Crippen molar-refractivity contribution < 1.29 is 0 Å². The Morgan fingerprint density at radius 1 is 1.00 bits per heavy atom. The van der Waals surface area contributed by atoms with Gasteiger partial charge in [-0.05, 0) is 80.8 Å². The molecule has 0 spiro atoms. The van der Waals surface area contributed by atoms with Gasteiger partial charge in [-0.1, -0.05) is 29.3 Å². The number of halogens is 2. The Labute approximate surface area is 196 Å². The molecule has 0 atom stereocenters. The molecule has 166 valence electrons. The average molecular weight is 469 g/mol. The monoisotopic (exact) mass is 468 g/mol. The first-order valence-electron chi connectivity index (χ1n) is 11.9. The van der Waals surface area contributed by atoms with Crippen molar-refractivity contribution in [3.8, 4) is 11.1 Å². The number of rotatable bonds is 4. The molecule has 8 rings (SSSR count). The van der Waals surface area contributed by atoms with Crippen molar-refractivity contribution >= 4 is 34.7 Å². The van der Waals surface area contributed by atoms with Crippen LogP contribution in [0.1, 0.15) is 56.6 Å². The fourth-order valence-electron chi connectivity index (χ4n) is 7.08. The molecule has 3 aromatic rings. The van der Waals surface area contributed by atoms with E-state index < -0.39 is 0 Å². The van der Waals surface area contributed by atoms with E-state index in [-0.39, 0.29) is 5.56 Å².